The number of benzene rings is 4. The minimum Gasteiger partial charge on any atom is -0.363 e. The van der Waals surface area contributed by atoms with E-state index in [-0.39, 0.29) is 38.0 Å². The molecular formula is C34H32O6. The number of carbonyl (C=O) groups excluding carboxylic acids is 2. The largest absolute Gasteiger partial charge is 0.363 e. The van der Waals surface area contributed by atoms with Gasteiger partial charge < -0.3 is 18.9 Å². The van der Waals surface area contributed by atoms with Gasteiger partial charge in [0.1, 0.15) is 50.8 Å². The first kappa shape index (κ1) is 27.6. The Morgan fingerprint density at radius 2 is 0.550 bits per heavy atom. The van der Waals surface area contributed by atoms with Crippen molar-refractivity contribution in [1.82, 2.24) is 0 Å². The van der Waals surface area contributed by atoms with E-state index >= 15 is 0 Å². The summed E-state index contributed by atoms with van der Waals surface area (Å²) in [5.41, 5.74) is 3.36. The van der Waals surface area contributed by atoms with Gasteiger partial charge in [0.05, 0.1) is 0 Å². The molecule has 204 valence electrons. The second-order valence-electron chi connectivity index (χ2n) is 9.65. The average Bonchev–Trinajstić information content (AvgIpc) is 3.01. The fourth-order valence-electron chi connectivity index (χ4n) is 4.82. The molecule has 0 radical (unpaired) electrons. The molecule has 1 saturated heterocycles. The fraction of sp³-hybridized carbons (Fsp3) is 0.235. The minimum absolute atomic E-state index is 0.182. The molecule has 5 rings (SSSR count). The summed E-state index contributed by atoms with van der Waals surface area (Å²) in [6, 6.07) is 38.3. The summed E-state index contributed by atoms with van der Waals surface area (Å²) in [5.74, 6) is -0.428. The molecule has 0 spiro atoms. The molecule has 1 heterocycles. The van der Waals surface area contributed by atoms with E-state index in [0.29, 0.717) is 0 Å². The van der Waals surface area contributed by atoms with Gasteiger partial charge in [0.2, 0.25) is 0 Å². The van der Waals surface area contributed by atoms with Gasteiger partial charge in [0, 0.05) is 0 Å². The topological polar surface area (TPSA) is 71.1 Å². The van der Waals surface area contributed by atoms with Crippen LogP contribution < -0.4 is 0 Å². The molecule has 4 atom stereocenters. The molecule has 1 aliphatic rings. The SMILES string of the molecule is O=C1COC(c2ccccc2)C(c2ccccc2)OCC(=O)COC(c2ccccc2)C(c2ccccc2)OC1. The molecule has 4 unspecified atom stereocenters. The lowest BCUT2D eigenvalue weighted by Crippen LogP contribution is -2.29. The van der Waals surface area contributed by atoms with Crippen LogP contribution in [0.4, 0.5) is 0 Å². The summed E-state index contributed by atoms with van der Waals surface area (Å²) in [6.07, 6.45) is -2.48. The Bertz CT molecular complexity index is 1130. The third-order valence-electron chi connectivity index (χ3n) is 6.76. The van der Waals surface area contributed by atoms with Crippen LogP contribution in [0.3, 0.4) is 0 Å². The first-order valence-electron chi connectivity index (χ1n) is 13.4. The van der Waals surface area contributed by atoms with Crippen LogP contribution in [0.1, 0.15) is 46.7 Å². The summed E-state index contributed by atoms with van der Waals surface area (Å²) < 4.78 is 25.0. The van der Waals surface area contributed by atoms with Crippen LogP contribution in [-0.2, 0) is 28.5 Å². The summed E-state index contributed by atoms with van der Waals surface area (Å²) >= 11 is 0. The van der Waals surface area contributed by atoms with Gasteiger partial charge in [-0.05, 0) is 22.3 Å². The van der Waals surface area contributed by atoms with Crippen molar-refractivity contribution >= 4 is 11.6 Å². The van der Waals surface area contributed by atoms with Crippen LogP contribution in [0.2, 0.25) is 0 Å². The molecule has 1 fully saturated rings. The summed E-state index contributed by atoms with van der Waals surface area (Å²) in [6.45, 7) is -0.728. The van der Waals surface area contributed by atoms with Gasteiger partial charge in [0.25, 0.3) is 0 Å². The van der Waals surface area contributed by atoms with Gasteiger partial charge in [-0.25, -0.2) is 0 Å². The van der Waals surface area contributed by atoms with Crippen molar-refractivity contribution in [2.45, 2.75) is 24.4 Å². The maximum Gasteiger partial charge on any atom is 0.184 e. The lowest BCUT2D eigenvalue weighted by Gasteiger charge is -2.30. The number of Topliss-reactive ketones (excluding diaryl/α,β-unsaturated/α-hetero) is 2. The Balaban J connectivity index is 1.47. The molecule has 0 saturated carbocycles. The van der Waals surface area contributed by atoms with Crippen molar-refractivity contribution in [2.75, 3.05) is 26.4 Å². The first-order chi connectivity index (χ1) is 19.7. The third-order valence-corrected chi connectivity index (χ3v) is 6.76. The molecular weight excluding hydrogens is 504 g/mol. The van der Waals surface area contributed by atoms with Gasteiger partial charge in [-0.3, -0.25) is 9.59 Å². The third kappa shape index (κ3) is 7.17. The van der Waals surface area contributed by atoms with Gasteiger partial charge in [-0.2, -0.15) is 0 Å². The quantitative estimate of drug-likeness (QED) is 0.311. The molecule has 1 aliphatic heterocycles. The number of rotatable bonds is 4. The smallest absolute Gasteiger partial charge is 0.184 e. The van der Waals surface area contributed by atoms with Crippen LogP contribution in [0, 0.1) is 0 Å². The number of ether oxygens (including phenoxy) is 4. The van der Waals surface area contributed by atoms with E-state index in [0.717, 1.165) is 22.3 Å². The zero-order valence-corrected chi connectivity index (χ0v) is 22.1. The summed E-state index contributed by atoms with van der Waals surface area (Å²) in [5, 5.41) is 0. The summed E-state index contributed by atoms with van der Waals surface area (Å²) in [4.78, 5) is 26.3. The maximum atomic E-state index is 13.2. The Kier molecular flexibility index (Phi) is 9.61. The van der Waals surface area contributed by atoms with Crippen LogP contribution in [-0.4, -0.2) is 38.0 Å². The average molecular weight is 537 g/mol. The van der Waals surface area contributed by atoms with E-state index in [1.165, 1.54) is 0 Å². The second kappa shape index (κ2) is 13.9. The molecule has 0 bridgehead atoms. The van der Waals surface area contributed by atoms with Gasteiger partial charge >= 0.3 is 0 Å². The number of hydrogen-bond donors (Lipinski definition) is 0. The van der Waals surface area contributed by atoms with Crippen molar-refractivity contribution in [2.24, 2.45) is 0 Å². The Labute approximate surface area is 234 Å². The lowest BCUT2D eigenvalue weighted by atomic mass is 9.97. The predicted octanol–water partition coefficient (Wildman–Crippen LogP) is 6.17. The molecule has 6 heteroatoms. The predicted molar refractivity (Wildman–Crippen MR) is 151 cm³/mol. The molecule has 6 nitrogen and oxygen atoms in total. The van der Waals surface area contributed by atoms with Crippen molar-refractivity contribution < 1.29 is 28.5 Å². The molecule has 40 heavy (non-hydrogen) atoms. The van der Waals surface area contributed by atoms with Crippen LogP contribution >= 0.6 is 0 Å². The summed E-state index contributed by atoms with van der Waals surface area (Å²) in [7, 11) is 0. The molecule has 0 aromatic heterocycles. The Morgan fingerprint density at radius 3 is 0.750 bits per heavy atom. The molecule has 4 aromatic rings. The normalized spacial score (nSPS) is 23.3. The number of carbonyl (C=O) groups is 2. The van der Waals surface area contributed by atoms with E-state index in [2.05, 4.69) is 0 Å². The highest BCUT2D eigenvalue weighted by molar-refractivity contribution is 5.81. The van der Waals surface area contributed by atoms with Crippen molar-refractivity contribution in [1.29, 1.82) is 0 Å². The first-order valence-corrected chi connectivity index (χ1v) is 13.4. The van der Waals surface area contributed by atoms with Crippen LogP contribution in [0.15, 0.2) is 121 Å². The zero-order chi connectivity index (χ0) is 27.6. The number of hydrogen-bond acceptors (Lipinski definition) is 6. The van der Waals surface area contributed by atoms with Crippen molar-refractivity contribution in [3.63, 3.8) is 0 Å². The Hall–Kier alpha value is -3.94. The van der Waals surface area contributed by atoms with Gasteiger partial charge in [-0.15, -0.1) is 0 Å². The molecule has 0 N–H and O–H groups in total. The number of ketones is 2. The maximum absolute atomic E-state index is 13.2. The molecule has 0 aliphatic carbocycles. The second-order valence-corrected chi connectivity index (χ2v) is 9.65. The monoisotopic (exact) mass is 536 g/mol. The fourth-order valence-corrected chi connectivity index (χ4v) is 4.82. The van der Waals surface area contributed by atoms with E-state index in [1.54, 1.807) is 0 Å². The minimum atomic E-state index is -0.619. The lowest BCUT2D eigenvalue weighted by molar-refractivity contribution is -0.154. The Morgan fingerprint density at radius 1 is 0.350 bits per heavy atom. The van der Waals surface area contributed by atoms with Crippen molar-refractivity contribution in [3.8, 4) is 0 Å². The van der Waals surface area contributed by atoms with Crippen LogP contribution in [0.25, 0.3) is 0 Å². The molecule has 0 amide bonds. The van der Waals surface area contributed by atoms with Crippen LogP contribution in [0.5, 0.6) is 0 Å². The highest BCUT2D eigenvalue weighted by atomic mass is 16.6. The van der Waals surface area contributed by atoms with E-state index in [9.17, 15) is 9.59 Å². The van der Waals surface area contributed by atoms with E-state index in [1.807, 2.05) is 121 Å². The highest BCUT2D eigenvalue weighted by Gasteiger charge is 2.31. The van der Waals surface area contributed by atoms with E-state index in [4.69, 9.17) is 18.9 Å². The standard InChI is InChI=1S/C34H32O6/c35-29-21-37-31(25-13-5-1-6-14-25)32(26-15-7-2-8-16-26)38-22-30(36)24-40-34(28-19-11-4-12-20-28)33(39-23-29)27-17-9-3-10-18-27/h1-20,31-34H,21-24H2. The zero-order valence-electron chi connectivity index (χ0n) is 22.1. The van der Waals surface area contributed by atoms with Gasteiger partial charge in [-0.1, -0.05) is 121 Å². The molecule has 4 aromatic carbocycles. The van der Waals surface area contributed by atoms with Gasteiger partial charge in [0.15, 0.2) is 11.6 Å². The highest BCUT2D eigenvalue weighted by Crippen LogP contribution is 2.37. The van der Waals surface area contributed by atoms with Crippen molar-refractivity contribution in [3.05, 3.63) is 144 Å². The van der Waals surface area contributed by atoms with E-state index < -0.39 is 24.4 Å².